The number of alkyl halides is 3. The average molecular weight is 369 g/mol. The van der Waals surface area contributed by atoms with Crippen LogP contribution in [0.5, 0.6) is 5.75 Å². The number of methoxy groups -OCH3 is 1. The van der Waals surface area contributed by atoms with E-state index >= 15 is 0 Å². The fourth-order valence-corrected chi connectivity index (χ4v) is 2.72. The molecule has 0 spiro atoms. The molecular weight excluding hydrogens is 357 g/mol. The maximum Gasteiger partial charge on any atom is 0.416 e. The number of ether oxygens (including phenoxy) is 1. The van der Waals surface area contributed by atoms with E-state index in [0.29, 0.717) is 16.5 Å². The fourth-order valence-electron chi connectivity index (χ4n) is 2.56. The number of aryl methyl sites for hydroxylation is 1. The second kappa shape index (κ2) is 6.07. The molecule has 0 aliphatic heterocycles. The van der Waals surface area contributed by atoms with E-state index in [-0.39, 0.29) is 16.7 Å². The molecule has 0 aliphatic rings. The van der Waals surface area contributed by atoms with Gasteiger partial charge in [0, 0.05) is 5.02 Å². The third-order valence-electron chi connectivity index (χ3n) is 3.73. The first-order valence-electron chi connectivity index (χ1n) is 7.17. The highest BCUT2D eigenvalue weighted by Gasteiger charge is 2.31. The van der Waals surface area contributed by atoms with E-state index < -0.39 is 17.3 Å². The quantitative estimate of drug-likeness (QED) is 0.674. The Labute approximate surface area is 145 Å². The molecule has 1 heterocycles. The van der Waals surface area contributed by atoms with E-state index in [9.17, 15) is 18.0 Å². The maximum absolute atomic E-state index is 13.0. The number of halogens is 4. The Kier molecular flexibility index (Phi) is 4.20. The van der Waals surface area contributed by atoms with Gasteiger partial charge in [0.1, 0.15) is 11.4 Å². The summed E-state index contributed by atoms with van der Waals surface area (Å²) in [6.07, 6.45) is -4.50. The number of hydrogen-bond acceptors (Lipinski definition) is 3. The lowest BCUT2D eigenvalue weighted by molar-refractivity contribution is -0.137. The second-order valence-electron chi connectivity index (χ2n) is 5.36. The topological polar surface area (TPSA) is 44.1 Å². The number of hydrogen-bond donors (Lipinski definition) is 0. The first kappa shape index (κ1) is 17.3. The number of nitrogens with zero attached hydrogens (tertiary/aromatic N) is 2. The Hall–Kier alpha value is -2.54. The summed E-state index contributed by atoms with van der Waals surface area (Å²) in [5.74, 6) is 0.360. The van der Waals surface area contributed by atoms with E-state index in [1.165, 1.54) is 30.7 Å². The second-order valence-corrected chi connectivity index (χ2v) is 5.79. The Morgan fingerprint density at radius 2 is 1.88 bits per heavy atom. The largest absolute Gasteiger partial charge is 0.495 e. The smallest absolute Gasteiger partial charge is 0.416 e. The molecule has 8 heteroatoms. The first-order chi connectivity index (χ1) is 11.7. The summed E-state index contributed by atoms with van der Waals surface area (Å²) in [5.41, 5.74) is -0.634. The summed E-state index contributed by atoms with van der Waals surface area (Å²) in [4.78, 5) is 16.6. The van der Waals surface area contributed by atoms with Gasteiger partial charge >= 0.3 is 6.18 Å². The van der Waals surface area contributed by atoms with Gasteiger partial charge in [-0.25, -0.2) is 4.98 Å². The molecule has 0 atom stereocenters. The number of benzene rings is 2. The molecule has 0 unspecified atom stereocenters. The van der Waals surface area contributed by atoms with Gasteiger partial charge in [-0.2, -0.15) is 13.2 Å². The lowest BCUT2D eigenvalue weighted by Crippen LogP contribution is -2.23. The monoisotopic (exact) mass is 368 g/mol. The predicted octanol–water partition coefficient (Wildman–Crippen LogP) is 4.37. The van der Waals surface area contributed by atoms with Gasteiger partial charge in [0.25, 0.3) is 5.56 Å². The molecule has 1 aromatic heterocycles. The van der Waals surface area contributed by atoms with Crippen LogP contribution in [-0.2, 0) is 6.18 Å². The molecule has 0 bridgehead atoms. The fraction of sp³-hybridized carbons (Fsp3) is 0.176. The van der Waals surface area contributed by atoms with Gasteiger partial charge in [0.15, 0.2) is 0 Å². The Morgan fingerprint density at radius 1 is 1.16 bits per heavy atom. The molecule has 4 nitrogen and oxygen atoms in total. The summed E-state index contributed by atoms with van der Waals surface area (Å²) in [7, 11) is 1.43. The van der Waals surface area contributed by atoms with E-state index in [1.54, 1.807) is 12.1 Å². The molecule has 0 saturated heterocycles. The molecular formula is C17H12ClF3N2O2. The minimum absolute atomic E-state index is 0.0500. The highest BCUT2D eigenvalue weighted by Crippen LogP contribution is 2.32. The molecule has 2 aromatic carbocycles. The lowest BCUT2D eigenvalue weighted by Gasteiger charge is -2.16. The van der Waals surface area contributed by atoms with Crippen molar-refractivity contribution in [2.75, 3.05) is 7.11 Å². The van der Waals surface area contributed by atoms with Crippen LogP contribution < -0.4 is 10.3 Å². The van der Waals surface area contributed by atoms with Gasteiger partial charge in [-0.05, 0) is 43.3 Å². The lowest BCUT2D eigenvalue weighted by atomic mass is 10.1. The van der Waals surface area contributed by atoms with Crippen LogP contribution in [0.15, 0.2) is 41.2 Å². The molecule has 3 rings (SSSR count). The van der Waals surface area contributed by atoms with Crippen molar-refractivity contribution in [1.29, 1.82) is 0 Å². The number of fused-ring (bicyclic) bond motifs is 1. The zero-order valence-corrected chi connectivity index (χ0v) is 13.9. The molecule has 0 amide bonds. The van der Waals surface area contributed by atoms with Crippen LogP contribution in [0.2, 0.25) is 5.02 Å². The Balaban J connectivity index is 2.41. The number of aromatic nitrogens is 2. The molecule has 0 radical (unpaired) electrons. The van der Waals surface area contributed by atoms with Crippen molar-refractivity contribution < 1.29 is 17.9 Å². The van der Waals surface area contributed by atoms with E-state index in [2.05, 4.69) is 4.98 Å². The molecule has 3 aromatic rings. The highest BCUT2D eigenvalue weighted by molar-refractivity contribution is 6.30. The van der Waals surface area contributed by atoms with Crippen molar-refractivity contribution in [1.82, 2.24) is 9.55 Å². The van der Waals surface area contributed by atoms with E-state index in [0.717, 1.165) is 12.1 Å². The molecule has 0 N–H and O–H groups in total. The first-order valence-corrected chi connectivity index (χ1v) is 7.54. The van der Waals surface area contributed by atoms with Crippen molar-refractivity contribution in [2.45, 2.75) is 13.1 Å². The van der Waals surface area contributed by atoms with Crippen LogP contribution in [0.3, 0.4) is 0 Å². The molecule has 130 valence electrons. The zero-order chi connectivity index (χ0) is 18.4. The van der Waals surface area contributed by atoms with Gasteiger partial charge in [-0.3, -0.25) is 9.36 Å². The zero-order valence-electron chi connectivity index (χ0n) is 13.2. The van der Waals surface area contributed by atoms with Crippen LogP contribution in [0, 0.1) is 6.92 Å². The van der Waals surface area contributed by atoms with Crippen LogP contribution in [0.1, 0.15) is 11.3 Å². The minimum atomic E-state index is -4.50. The summed E-state index contributed by atoms with van der Waals surface area (Å²) in [6, 6.07) is 7.72. The Morgan fingerprint density at radius 3 is 2.52 bits per heavy atom. The highest BCUT2D eigenvalue weighted by atomic mass is 35.5. The summed E-state index contributed by atoms with van der Waals surface area (Å²) < 4.78 is 45.4. The van der Waals surface area contributed by atoms with Gasteiger partial charge < -0.3 is 4.74 Å². The third kappa shape index (κ3) is 3.07. The van der Waals surface area contributed by atoms with E-state index in [1.807, 2.05) is 0 Å². The van der Waals surface area contributed by atoms with Crippen molar-refractivity contribution in [3.63, 3.8) is 0 Å². The van der Waals surface area contributed by atoms with Crippen LogP contribution in [0.4, 0.5) is 13.2 Å². The molecule has 0 saturated carbocycles. The minimum Gasteiger partial charge on any atom is -0.495 e. The van der Waals surface area contributed by atoms with Crippen LogP contribution in [0.25, 0.3) is 16.7 Å². The predicted molar refractivity (Wildman–Crippen MR) is 88.6 cm³/mol. The molecule has 25 heavy (non-hydrogen) atoms. The van der Waals surface area contributed by atoms with E-state index in [4.69, 9.17) is 16.3 Å². The van der Waals surface area contributed by atoms with Gasteiger partial charge in [-0.1, -0.05) is 11.6 Å². The SMILES string of the molecule is COc1ccc(Cl)cc1-n1c(=O)c(C)nc2cc(C(F)(F)F)ccc21. The normalized spacial score (nSPS) is 11.8. The van der Waals surface area contributed by atoms with Gasteiger partial charge in [0.05, 0.1) is 29.4 Å². The molecule has 0 fully saturated rings. The van der Waals surface area contributed by atoms with Gasteiger partial charge in [-0.15, -0.1) is 0 Å². The maximum atomic E-state index is 13.0. The summed E-state index contributed by atoms with van der Waals surface area (Å²) in [6.45, 7) is 1.44. The molecule has 0 aliphatic carbocycles. The van der Waals surface area contributed by atoms with Crippen molar-refractivity contribution in [3.05, 3.63) is 63.0 Å². The van der Waals surface area contributed by atoms with Crippen molar-refractivity contribution in [2.24, 2.45) is 0 Å². The van der Waals surface area contributed by atoms with Crippen molar-refractivity contribution in [3.8, 4) is 11.4 Å². The number of rotatable bonds is 2. The van der Waals surface area contributed by atoms with Crippen LogP contribution in [-0.4, -0.2) is 16.7 Å². The van der Waals surface area contributed by atoms with Crippen LogP contribution >= 0.6 is 11.6 Å². The average Bonchev–Trinajstić information content (AvgIpc) is 2.54. The summed E-state index contributed by atoms with van der Waals surface area (Å²) >= 11 is 6.02. The third-order valence-corrected chi connectivity index (χ3v) is 3.96. The standard InChI is InChI=1S/C17H12ClF3N2O2/c1-9-16(24)23(14-8-11(18)4-6-15(14)25-2)13-5-3-10(17(19,20)21)7-12(13)22-9/h3-8H,1-2H3. The summed E-state index contributed by atoms with van der Waals surface area (Å²) in [5, 5.41) is 0.359. The Bertz CT molecular complexity index is 1030. The van der Waals surface area contributed by atoms with Crippen molar-refractivity contribution >= 4 is 22.6 Å². The van der Waals surface area contributed by atoms with Gasteiger partial charge in [0.2, 0.25) is 0 Å².